The highest BCUT2D eigenvalue weighted by Crippen LogP contribution is 2.43. The van der Waals surface area contributed by atoms with E-state index in [0.29, 0.717) is 23.2 Å². The van der Waals surface area contributed by atoms with Crippen molar-refractivity contribution in [3.05, 3.63) is 95.6 Å². The fourth-order valence-electron chi connectivity index (χ4n) is 5.39. The molecule has 2 atom stereocenters. The molecule has 0 unspecified atom stereocenters. The van der Waals surface area contributed by atoms with Crippen molar-refractivity contribution in [2.75, 3.05) is 16.3 Å². The number of imide groups is 1. The largest absolute Gasteiger partial charge is 0.308 e. The molecular formula is C31H31N3O4. The Hall–Kier alpha value is -4.26. The van der Waals surface area contributed by atoms with E-state index >= 15 is 0 Å². The molecule has 0 saturated heterocycles. The Bertz CT molecular complexity index is 1390. The summed E-state index contributed by atoms with van der Waals surface area (Å²) in [5, 5.41) is 0. The number of hydrogen-bond acceptors (Lipinski definition) is 4. The first-order chi connectivity index (χ1) is 18.1. The standard InChI is InChI=1S/C31H31N3O4/c1-20-18-26(34(30(38)31(2,3)4)21-12-6-5-7-13-21)24-16-10-11-17-25(24)33(20)27(35)19-32-28(36)22-14-8-9-15-23(22)29(32)37/h5-17,20,26H,18-19H2,1-4H3/t20-,26-/m0/s1. The van der Waals surface area contributed by atoms with Gasteiger partial charge in [0.1, 0.15) is 6.54 Å². The van der Waals surface area contributed by atoms with Crippen molar-refractivity contribution in [3.8, 4) is 0 Å². The van der Waals surface area contributed by atoms with Gasteiger partial charge in [0.05, 0.1) is 17.2 Å². The van der Waals surface area contributed by atoms with E-state index in [9.17, 15) is 19.2 Å². The summed E-state index contributed by atoms with van der Waals surface area (Å²) in [6.07, 6.45) is 0.502. The third-order valence-corrected chi connectivity index (χ3v) is 7.21. The molecule has 0 saturated carbocycles. The number of carbonyl (C=O) groups is 4. The van der Waals surface area contributed by atoms with Crippen LogP contribution in [-0.2, 0) is 9.59 Å². The van der Waals surface area contributed by atoms with E-state index in [4.69, 9.17) is 0 Å². The number of carbonyl (C=O) groups excluding carboxylic acids is 4. The third kappa shape index (κ3) is 4.28. The monoisotopic (exact) mass is 509 g/mol. The topological polar surface area (TPSA) is 78.0 Å². The number of para-hydroxylation sites is 2. The van der Waals surface area contributed by atoms with Gasteiger partial charge in [0.15, 0.2) is 0 Å². The van der Waals surface area contributed by atoms with Crippen molar-refractivity contribution in [1.82, 2.24) is 4.90 Å². The maximum Gasteiger partial charge on any atom is 0.262 e. The van der Waals surface area contributed by atoms with Crippen LogP contribution < -0.4 is 9.80 Å². The molecule has 7 nitrogen and oxygen atoms in total. The second-order valence-corrected chi connectivity index (χ2v) is 10.9. The molecule has 0 radical (unpaired) electrons. The summed E-state index contributed by atoms with van der Waals surface area (Å²) in [7, 11) is 0. The van der Waals surface area contributed by atoms with Crippen molar-refractivity contribution < 1.29 is 19.2 Å². The Morgan fingerprint density at radius 3 is 2.00 bits per heavy atom. The highest BCUT2D eigenvalue weighted by atomic mass is 16.2. The lowest BCUT2D eigenvalue weighted by Gasteiger charge is -2.45. The molecule has 0 N–H and O–H groups in total. The van der Waals surface area contributed by atoms with E-state index in [1.807, 2.05) is 87.2 Å². The fraction of sp³-hybridized carbons (Fsp3) is 0.290. The minimum absolute atomic E-state index is 0.0125. The predicted molar refractivity (Wildman–Crippen MR) is 146 cm³/mol. The Kier molecular flexibility index (Phi) is 6.39. The van der Waals surface area contributed by atoms with E-state index in [2.05, 4.69) is 0 Å². The van der Waals surface area contributed by atoms with Gasteiger partial charge < -0.3 is 9.80 Å². The lowest BCUT2D eigenvalue weighted by Crippen LogP contribution is -2.52. The average Bonchev–Trinajstić information content (AvgIpc) is 3.13. The van der Waals surface area contributed by atoms with Crippen molar-refractivity contribution in [2.45, 2.75) is 46.2 Å². The summed E-state index contributed by atoms with van der Waals surface area (Å²) < 4.78 is 0. The van der Waals surface area contributed by atoms with Gasteiger partial charge in [0, 0.05) is 22.8 Å². The molecule has 2 aliphatic heterocycles. The molecular weight excluding hydrogens is 478 g/mol. The zero-order valence-electron chi connectivity index (χ0n) is 22.0. The van der Waals surface area contributed by atoms with Crippen LogP contribution in [0, 0.1) is 5.41 Å². The minimum atomic E-state index is -0.619. The van der Waals surface area contributed by atoms with Crippen LogP contribution in [0.4, 0.5) is 11.4 Å². The summed E-state index contributed by atoms with van der Waals surface area (Å²) in [6.45, 7) is 7.30. The van der Waals surface area contributed by atoms with Gasteiger partial charge in [-0.25, -0.2) is 0 Å². The van der Waals surface area contributed by atoms with Crippen molar-refractivity contribution >= 4 is 35.0 Å². The van der Waals surface area contributed by atoms with Crippen LogP contribution in [0.2, 0.25) is 0 Å². The van der Waals surface area contributed by atoms with Gasteiger partial charge >= 0.3 is 0 Å². The summed E-state index contributed by atoms with van der Waals surface area (Å²) in [6, 6.07) is 23.2. The van der Waals surface area contributed by atoms with Gasteiger partial charge in [-0.2, -0.15) is 0 Å². The Morgan fingerprint density at radius 1 is 0.842 bits per heavy atom. The maximum atomic E-state index is 13.8. The molecule has 4 amide bonds. The van der Waals surface area contributed by atoms with Crippen molar-refractivity contribution in [3.63, 3.8) is 0 Å². The number of hydrogen-bond donors (Lipinski definition) is 0. The number of nitrogens with zero attached hydrogens (tertiary/aromatic N) is 3. The molecule has 0 aromatic heterocycles. The van der Waals surface area contributed by atoms with E-state index in [1.54, 1.807) is 29.2 Å². The smallest absolute Gasteiger partial charge is 0.262 e. The maximum absolute atomic E-state index is 13.8. The Balaban J connectivity index is 1.50. The minimum Gasteiger partial charge on any atom is -0.308 e. The molecule has 0 bridgehead atoms. The van der Waals surface area contributed by atoms with Crippen LogP contribution >= 0.6 is 0 Å². The predicted octanol–water partition coefficient (Wildman–Crippen LogP) is 5.23. The highest BCUT2D eigenvalue weighted by Gasteiger charge is 2.43. The molecule has 0 spiro atoms. The Labute approximate surface area is 222 Å². The van der Waals surface area contributed by atoms with Crippen LogP contribution in [0.3, 0.4) is 0 Å². The summed E-state index contributed by atoms with van der Waals surface area (Å²) >= 11 is 0. The fourth-order valence-corrected chi connectivity index (χ4v) is 5.39. The molecule has 0 aliphatic carbocycles. The van der Waals surface area contributed by atoms with Gasteiger partial charge in [0.25, 0.3) is 11.8 Å². The molecule has 5 rings (SSSR count). The van der Waals surface area contributed by atoms with Crippen LogP contribution in [0.25, 0.3) is 0 Å². The number of benzene rings is 3. The zero-order valence-corrected chi connectivity index (χ0v) is 22.0. The SMILES string of the molecule is C[C@H]1C[C@H](N(C(=O)C(C)(C)C)c2ccccc2)c2ccccc2N1C(=O)CN1C(=O)c2ccccc2C1=O. The van der Waals surface area contributed by atoms with Crippen LogP contribution in [0.15, 0.2) is 78.9 Å². The zero-order chi connectivity index (χ0) is 27.2. The van der Waals surface area contributed by atoms with Gasteiger partial charge in [0.2, 0.25) is 11.8 Å². The van der Waals surface area contributed by atoms with E-state index < -0.39 is 17.2 Å². The van der Waals surface area contributed by atoms with Crippen LogP contribution in [0.5, 0.6) is 0 Å². The number of amides is 4. The first-order valence-electron chi connectivity index (χ1n) is 12.8. The molecule has 2 heterocycles. The second kappa shape index (κ2) is 9.56. The van der Waals surface area contributed by atoms with Gasteiger partial charge in [-0.1, -0.05) is 69.3 Å². The van der Waals surface area contributed by atoms with Gasteiger partial charge in [-0.3, -0.25) is 24.1 Å². The molecule has 0 fully saturated rings. The molecule has 38 heavy (non-hydrogen) atoms. The van der Waals surface area contributed by atoms with Crippen LogP contribution in [-0.4, -0.2) is 41.1 Å². The first kappa shape index (κ1) is 25.4. The number of anilines is 2. The normalized spacial score (nSPS) is 18.7. The summed E-state index contributed by atoms with van der Waals surface area (Å²) in [5.41, 5.74) is 2.34. The lowest BCUT2D eigenvalue weighted by atomic mass is 9.87. The molecule has 3 aromatic rings. The second-order valence-electron chi connectivity index (χ2n) is 10.9. The summed E-state index contributed by atoms with van der Waals surface area (Å²) in [5.74, 6) is -1.27. The molecule has 194 valence electrons. The van der Waals surface area contributed by atoms with Crippen molar-refractivity contribution in [2.24, 2.45) is 5.41 Å². The van der Waals surface area contributed by atoms with Gasteiger partial charge in [-0.15, -0.1) is 0 Å². The number of fused-ring (bicyclic) bond motifs is 2. The van der Waals surface area contributed by atoms with Crippen LogP contribution in [0.1, 0.15) is 66.4 Å². The van der Waals surface area contributed by atoms with Gasteiger partial charge in [-0.05, 0) is 49.2 Å². The molecule has 3 aromatic carbocycles. The summed E-state index contributed by atoms with van der Waals surface area (Å²) in [4.78, 5) is 57.8. The highest BCUT2D eigenvalue weighted by molar-refractivity contribution is 6.22. The molecule has 2 aliphatic rings. The average molecular weight is 510 g/mol. The number of rotatable bonds is 4. The quantitative estimate of drug-likeness (QED) is 0.452. The first-order valence-corrected chi connectivity index (χ1v) is 12.8. The lowest BCUT2D eigenvalue weighted by molar-refractivity contribution is -0.126. The Morgan fingerprint density at radius 2 is 1.39 bits per heavy atom. The van der Waals surface area contributed by atoms with E-state index in [-0.39, 0.29) is 30.4 Å². The van der Waals surface area contributed by atoms with E-state index in [1.165, 1.54) is 0 Å². The van der Waals surface area contributed by atoms with E-state index in [0.717, 1.165) is 16.2 Å². The molecule has 7 heteroatoms. The van der Waals surface area contributed by atoms with Crippen molar-refractivity contribution in [1.29, 1.82) is 0 Å². The third-order valence-electron chi connectivity index (χ3n) is 7.21.